The van der Waals surface area contributed by atoms with Crippen molar-refractivity contribution in [1.82, 2.24) is 5.32 Å². The van der Waals surface area contributed by atoms with Crippen LogP contribution in [0.3, 0.4) is 0 Å². The lowest BCUT2D eigenvalue weighted by Crippen LogP contribution is -2.15. The second-order valence-electron chi connectivity index (χ2n) is 3.16. The van der Waals surface area contributed by atoms with Crippen LogP contribution in [0.15, 0.2) is 29.6 Å². The third kappa shape index (κ3) is 2.11. The Kier molecular flexibility index (Phi) is 3.45. The zero-order valence-corrected chi connectivity index (χ0v) is 9.57. The van der Waals surface area contributed by atoms with Gasteiger partial charge in [-0.05, 0) is 22.4 Å². The van der Waals surface area contributed by atoms with E-state index in [-0.39, 0.29) is 0 Å². The molecule has 1 aromatic carbocycles. The summed E-state index contributed by atoms with van der Waals surface area (Å²) in [6, 6.07) is 8.53. The van der Waals surface area contributed by atoms with Crippen molar-refractivity contribution in [3.8, 4) is 0 Å². The van der Waals surface area contributed by atoms with Crippen molar-refractivity contribution in [1.29, 1.82) is 0 Å². The molecule has 0 saturated heterocycles. The molecule has 1 aromatic heterocycles. The first-order valence-electron chi connectivity index (χ1n) is 4.68. The highest BCUT2D eigenvalue weighted by atomic mass is 32.1. The monoisotopic (exact) mass is 223 g/mol. The number of benzene rings is 1. The summed E-state index contributed by atoms with van der Waals surface area (Å²) in [6.07, 6.45) is 0. The molecule has 14 heavy (non-hydrogen) atoms. The molecule has 0 aliphatic heterocycles. The molecule has 0 spiro atoms. The Balaban J connectivity index is 2.17. The summed E-state index contributed by atoms with van der Waals surface area (Å²) in [5.74, 6) is 0.891. The Hall–Kier alpha value is -0.510. The molecule has 0 bridgehead atoms. The van der Waals surface area contributed by atoms with Crippen LogP contribution in [0.1, 0.15) is 5.56 Å². The van der Waals surface area contributed by atoms with Gasteiger partial charge in [0, 0.05) is 23.5 Å². The minimum atomic E-state index is 0.891. The van der Waals surface area contributed by atoms with Crippen LogP contribution in [0.2, 0.25) is 0 Å². The van der Waals surface area contributed by atoms with Crippen LogP contribution in [-0.2, 0) is 6.54 Å². The maximum Gasteiger partial charge on any atom is 0.0346 e. The SMILES string of the molecule is SCCNCc1csc2ccccc12. The molecule has 2 aromatic rings. The lowest BCUT2D eigenvalue weighted by atomic mass is 10.2. The number of hydrogen-bond donors (Lipinski definition) is 2. The molecule has 0 radical (unpaired) electrons. The first kappa shape index (κ1) is 10.0. The van der Waals surface area contributed by atoms with Crippen LogP contribution < -0.4 is 5.32 Å². The van der Waals surface area contributed by atoms with E-state index >= 15 is 0 Å². The molecule has 0 aliphatic carbocycles. The minimum absolute atomic E-state index is 0.891. The Labute approximate surface area is 93.6 Å². The number of rotatable bonds is 4. The molecule has 0 aliphatic rings. The zero-order valence-electron chi connectivity index (χ0n) is 7.86. The quantitative estimate of drug-likeness (QED) is 0.600. The lowest BCUT2D eigenvalue weighted by Gasteiger charge is -2.00. The molecule has 0 atom stereocenters. The van der Waals surface area contributed by atoms with E-state index in [1.54, 1.807) is 0 Å². The Morgan fingerprint density at radius 3 is 3.00 bits per heavy atom. The average molecular weight is 223 g/mol. The fourth-order valence-corrected chi connectivity index (χ4v) is 2.59. The number of fused-ring (bicyclic) bond motifs is 1. The van der Waals surface area contributed by atoms with Crippen LogP contribution in [0.5, 0.6) is 0 Å². The Morgan fingerprint density at radius 1 is 1.29 bits per heavy atom. The van der Waals surface area contributed by atoms with Gasteiger partial charge in [0.05, 0.1) is 0 Å². The summed E-state index contributed by atoms with van der Waals surface area (Å²) in [6.45, 7) is 1.91. The van der Waals surface area contributed by atoms with Gasteiger partial charge in [0.2, 0.25) is 0 Å². The zero-order chi connectivity index (χ0) is 9.80. The Bertz CT molecular complexity index is 408. The van der Waals surface area contributed by atoms with Gasteiger partial charge in [-0.25, -0.2) is 0 Å². The van der Waals surface area contributed by atoms with Crippen molar-refractivity contribution in [2.45, 2.75) is 6.54 Å². The van der Waals surface area contributed by atoms with Gasteiger partial charge >= 0.3 is 0 Å². The van der Waals surface area contributed by atoms with Gasteiger partial charge in [-0.1, -0.05) is 18.2 Å². The fraction of sp³-hybridized carbons (Fsp3) is 0.273. The number of thiol groups is 1. The van der Waals surface area contributed by atoms with E-state index in [2.05, 4.69) is 47.6 Å². The molecule has 74 valence electrons. The maximum atomic E-state index is 4.17. The van der Waals surface area contributed by atoms with Crippen molar-refractivity contribution in [2.75, 3.05) is 12.3 Å². The van der Waals surface area contributed by atoms with E-state index < -0.39 is 0 Å². The molecule has 0 saturated carbocycles. The van der Waals surface area contributed by atoms with Crippen LogP contribution in [-0.4, -0.2) is 12.3 Å². The van der Waals surface area contributed by atoms with Crippen molar-refractivity contribution in [2.24, 2.45) is 0 Å². The number of thiophene rings is 1. The normalized spacial score (nSPS) is 10.9. The van der Waals surface area contributed by atoms with Crippen LogP contribution >= 0.6 is 24.0 Å². The number of hydrogen-bond acceptors (Lipinski definition) is 3. The van der Waals surface area contributed by atoms with E-state index in [9.17, 15) is 0 Å². The summed E-state index contributed by atoms with van der Waals surface area (Å²) < 4.78 is 1.37. The lowest BCUT2D eigenvalue weighted by molar-refractivity contribution is 0.738. The summed E-state index contributed by atoms with van der Waals surface area (Å²) in [4.78, 5) is 0. The van der Waals surface area contributed by atoms with Crippen LogP contribution in [0, 0.1) is 0 Å². The topological polar surface area (TPSA) is 12.0 Å². The minimum Gasteiger partial charge on any atom is -0.312 e. The molecule has 1 N–H and O–H groups in total. The second-order valence-corrected chi connectivity index (χ2v) is 4.52. The summed E-state index contributed by atoms with van der Waals surface area (Å²) in [5, 5.41) is 6.97. The van der Waals surface area contributed by atoms with Gasteiger partial charge in [-0.3, -0.25) is 0 Å². The standard InChI is InChI=1S/C11H13NS2/c13-6-5-12-7-9-8-14-11-4-2-1-3-10(9)11/h1-4,8,12-13H,5-7H2. The molecule has 0 amide bonds. The third-order valence-electron chi connectivity index (χ3n) is 2.17. The van der Waals surface area contributed by atoms with Crippen molar-refractivity contribution in [3.05, 3.63) is 35.2 Å². The molecule has 2 rings (SSSR count). The maximum absolute atomic E-state index is 4.17. The molecule has 1 heterocycles. The molecular formula is C11H13NS2. The largest absolute Gasteiger partial charge is 0.312 e. The van der Waals surface area contributed by atoms with Gasteiger partial charge in [0.15, 0.2) is 0 Å². The predicted octanol–water partition coefficient (Wildman–Crippen LogP) is 2.92. The molecule has 3 heteroatoms. The van der Waals surface area contributed by atoms with Crippen molar-refractivity contribution in [3.63, 3.8) is 0 Å². The molecule has 0 unspecified atom stereocenters. The summed E-state index contributed by atoms with van der Waals surface area (Å²) in [7, 11) is 0. The first-order chi connectivity index (χ1) is 6.92. The van der Waals surface area contributed by atoms with Crippen LogP contribution in [0.4, 0.5) is 0 Å². The smallest absolute Gasteiger partial charge is 0.0346 e. The van der Waals surface area contributed by atoms with Crippen molar-refractivity contribution < 1.29 is 0 Å². The van der Waals surface area contributed by atoms with Crippen molar-refractivity contribution >= 4 is 34.1 Å². The summed E-state index contributed by atoms with van der Waals surface area (Å²) >= 11 is 5.98. The van der Waals surface area contributed by atoms with E-state index in [1.807, 2.05) is 11.3 Å². The highest BCUT2D eigenvalue weighted by Gasteiger charge is 2.01. The first-order valence-corrected chi connectivity index (χ1v) is 6.19. The van der Waals surface area contributed by atoms with Crippen LogP contribution in [0.25, 0.3) is 10.1 Å². The third-order valence-corrected chi connectivity index (χ3v) is 3.40. The molecule has 0 fully saturated rings. The highest BCUT2D eigenvalue weighted by Crippen LogP contribution is 2.25. The van der Waals surface area contributed by atoms with E-state index in [0.29, 0.717) is 0 Å². The van der Waals surface area contributed by atoms with E-state index in [4.69, 9.17) is 0 Å². The highest BCUT2D eigenvalue weighted by molar-refractivity contribution is 7.80. The van der Waals surface area contributed by atoms with Gasteiger partial charge in [0.1, 0.15) is 0 Å². The second kappa shape index (κ2) is 4.82. The van der Waals surface area contributed by atoms with Gasteiger partial charge in [-0.15, -0.1) is 11.3 Å². The van der Waals surface area contributed by atoms with E-state index in [1.165, 1.54) is 15.6 Å². The number of nitrogens with one attached hydrogen (secondary N) is 1. The fourth-order valence-electron chi connectivity index (χ4n) is 1.47. The average Bonchev–Trinajstić information content (AvgIpc) is 2.63. The van der Waals surface area contributed by atoms with E-state index in [0.717, 1.165) is 18.8 Å². The summed E-state index contributed by atoms with van der Waals surface area (Å²) in [5.41, 5.74) is 1.40. The molecular weight excluding hydrogens is 210 g/mol. The predicted molar refractivity (Wildman–Crippen MR) is 67.4 cm³/mol. The molecule has 1 nitrogen and oxygen atoms in total. The van der Waals surface area contributed by atoms with Gasteiger partial charge < -0.3 is 5.32 Å². The van der Waals surface area contributed by atoms with Gasteiger partial charge in [-0.2, -0.15) is 12.6 Å². The Morgan fingerprint density at radius 2 is 2.14 bits per heavy atom. The van der Waals surface area contributed by atoms with Gasteiger partial charge in [0.25, 0.3) is 0 Å².